The van der Waals surface area contributed by atoms with Crippen molar-refractivity contribution in [2.45, 2.75) is 18.9 Å². The van der Waals surface area contributed by atoms with Crippen LogP contribution in [-0.2, 0) is 0 Å². The van der Waals surface area contributed by atoms with Gasteiger partial charge in [-0.1, -0.05) is 42.5 Å². The highest BCUT2D eigenvalue weighted by atomic mass is 16.3. The largest absolute Gasteiger partial charge is 0.506 e. The van der Waals surface area contributed by atoms with Gasteiger partial charge in [-0.15, -0.1) is 0 Å². The molecular formula is C16H17NO. The number of anilines is 1. The molecule has 0 aliphatic carbocycles. The Labute approximate surface area is 107 Å². The lowest BCUT2D eigenvalue weighted by molar-refractivity contribution is 0.473. The fourth-order valence-electron chi connectivity index (χ4n) is 2.78. The van der Waals surface area contributed by atoms with E-state index in [2.05, 4.69) is 29.2 Å². The van der Waals surface area contributed by atoms with E-state index < -0.39 is 0 Å². The topological polar surface area (TPSA) is 23.5 Å². The molecule has 1 aliphatic heterocycles. The van der Waals surface area contributed by atoms with Crippen molar-refractivity contribution in [3.63, 3.8) is 0 Å². The van der Waals surface area contributed by atoms with Crippen LogP contribution in [0, 0.1) is 0 Å². The first-order valence-electron chi connectivity index (χ1n) is 6.46. The van der Waals surface area contributed by atoms with E-state index in [-0.39, 0.29) is 0 Å². The van der Waals surface area contributed by atoms with Crippen molar-refractivity contribution < 1.29 is 5.11 Å². The van der Waals surface area contributed by atoms with Gasteiger partial charge in [0.2, 0.25) is 0 Å². The summed E-state index contributed by atoms with van der Waals surface area (Å²) >= 11 is 0. The zero-order chi connectivity index (χ0) is 12.4. The average molecular weight is 239 g/mol. The van der Waals surface area contributed by atoms with Crippen LogP contribution in [-0.4, -0.2) is 11.7 Å². The van der Waals surface area contributed by atoms with E-state index in [9.17, 15) is 5.11 Å². The third-order valence-electron chi connectivity index (χ3n) is 3.63. The van der Waals surface area contributed by atoms with Gasteiger partial charge in [0.1, 0.15) is 5.75 Å². The molecule has 2 nitrogen and oxygen atoms in total. The molecule has 3 rings (SSSR count). The summed E-state index contributed by atoms with van der Waals surface area (Å²) in [6.45, 7) is 1.01. The maximum Gasteiger partial charge on any atom is 0.138 e. The fourth-order valence-corrected chi connectivity index (χ4v) is 2.78. The number of para-hydroxylation sites is 2. The number of phenols is 1. The first kappa shape index (κ1) is 11.1. The molecule has 0 spiro atoms. The summed E-state index contributed by atoms with van der Waals surface area (Å²) in [5.41, 5.74) is 2.28. The molecule has 1 N–H and O–H groups in total. The number of hydrogen-bond acceptors (Lipinski definition) is 2. The second kappa shape index (κ2) is 4.73. The van der Waals surface area contributed by atoms with E-state index in [1.165, 1.54) is 12.0 Å². The van der Waals surface area contributed by atoms with E-state index in [1.54, 1.807) is 6.07 Å². The molecule has 0 saturated carbocycles. The van der Waals surface area contributed by atoms with Gasteiger partial charge in [0, 0.05) is 6.54 Å². The smallest absolute Gasteiger partial charge is 0.138 e. The van der Waals surface area contributed by atoms with Gasteiger partial charge in [-0.3, -0.25) is 0 Å². The molecule has 0 unspecified atom stereocenters. The zero-order valence-corrected chi connectivity index (χ0v) is 10.3. The molecule has 0 radical (unpaired) electrons. The minimum Gasteiger partial charge on any atom is -0.506 e. The molecule has 0 amide bonds. The lowest BCUT2D eigenvalue weighted by atomic mass is 10.0. The molecule has 1 fully saturated rings. The number of rotatable bonds is 2. The normalized spacial score (nSPS) is 19.1. The van der Waals surface area contributed by atoms with Gasteiger partial charge in [-0.2, -0.15) is 0 Å². The highest BCUT2D eigenvalue weighted by Crippen LogP contribution is 2.39. The van der Waals surface area contributed by atoms with Crippen LogP contribution < -0.4 is 4.90 Å². The predicted molar refractivity (Wildman–Crippen MR) is 73.9 cm³/mol. The Morgan fingerprint density at radius 3 is 2.44 bits per heavy atom. The molecule has 2 aromatic carbocycles. The van der Waals surface area contributed by atoms with Crippen molar-refractivity contribution in [3.05, 3.63) is 60.2 Å². The van der Waals surface area contributed by atoms with Gasteiger partial charge < -0.3 is 10.0 Å². The first-order valence-corrected chi connectivity index (χ1v) is 6.46. The molecule has 0 bridgehead atoms. The van der Waals surface area contributed by atoms with Crippen LogP contribution in [0.2, 0.25) is 0 Å². The van der Waals surface area contributed by atoms with Crippen molar-refractivity contribution in [3.8, 4) is 5.75 Å². The first-order chi connectivity index (χ1) is 8.86. The highest BCUT2D eigenvalue weighted by Gasteiger charge is 2.27. The fraction of sp³-hybridized carbons (Fsp3) is 0.250. The third-order valence-corrected chi connectivity index (χ3v) is 3.63. The van der Waals surface area contributed by atoms with E-state index in [0.717, 1.165) is 18.7 Å². The maximum atomic E-state index is 9.99. The predicted octanol–water partition coefficient (Wildman–Crippen LogP) is 3.73. The Kier molecular flexibility index (Phi) is 2.93. The molecule has 1 atom stereocenters. The molecule has 2 aromatic rings. The van der Waals surface area contributed by atoms with Crippen LogP contribution >= 0.6 is 0 Å². The molecule has 1 saturated heterocycles. The lowest BCUT2D eigenvalue weighted by Crippen LogP contribution is -2.22. The van der Waals surface area contributed by atoms with Crippen LogP contribution in [0.4, 0.5) is 5.69 Å². The molecular weight excluding hydrogens is 222 g/mol. The van der Waals surface area contributed by atoms with Gasteiger partial charge in [0.25, 0.3) is 0 Å². The summed E-state index contributed by atoms with van der Waals surface area (Å²) in [5.74, 6) is 0.375. The van der Waals surface area contributed by atoms with Gasteiger partial charge in [-0.05, 0) is 30.5 Å². The van der Waals surface area contributed by atoms with Crippen LogP contribution in [0.1, 0.15) is 24.4 Å². The summed E-state index contributed by atoms with van der Waals surface area (Å²) in [6, 6.07) is 18.5. The number of phenolic OH excluding ortho intramolecular Hbond substituents is 1. The summed E-state index contributed by atoms with van der Waals surface area (Å²) in [4.78, 5) is 2.31. The van der Waals surface area contributed by atoms with Crippen LogP contribution in [0.15, 0.2) is 54.6 Å². The zero-order valence-electron chi connectivity index (χ0n) is 10.3. The highest BCUT2D eigenvalue weighted by molar-refractivity contribution is 5.59. The standard InChI is InChI=1S/C16H17NO/c18-16-11-5-4-9-15(16)17-12-6-10-14(17)13-7-2-1-3-8-13/h1-5,7-9,11,14,18H,6,10,12H2/t14-/m0/s1. The molecule has 92 valence electrons. The molecule has 2 heteroatoms. The van der Waals surface area contributed by atoms with Gasteiger partial charge in [-0.25, -0.2) is 0 Å². The number of benzene rings is 2. The minimum atomic E-state index is 0.375. The van der Waals surface area contributed by atoms with Gasteiger partial charge >= 0.3 is 0 Å². The van der Waals surface area contributed by atoms with Crippen LogP contribution in [0.25, 0.3) is 0 Å². The van der Waals surface area contributed by atoms with Crippen LogP contribution in [0.5, 0.6) is 5.75 Å². The number of nitrogens with zero attached hydrogens (tertiary/aromatic N) is 1. The maximum absolute atomic E-state index is 9.99. The third kappa shape index (κ3) is 1.94. The Hall–Kier alpha value is -1.96. The number of hydrogen-bond donors (Lipinski definition) is 1. The Morgan fingerprint density at radius 1 is 0.944 bits per heavy atom. The van der Waals surface area contributed by atoms with E-state index >= 15 is 0 Å². The second-order valence-corrected chi connectivity index (χ2v) is 4.75. The minimum absolute atomic E-state index is 0.375. The Balaban J connectivity index is 1.95. The molecule has 18 heavy (non-hydrogen) atoms. The molecule has 1 aliphatic rings. The Bertz CT molecular complexity index is 524. The molecule has 0 aromatic heterocycles. The van der Waals surface area contributed by atoms with E-state index in [4.69, 9.17) is 0 Å². The lowest BCUT2D eigenvalue weighted by Gasteiger charge is -2.27. The van der Waals surface area contributed by atoms with E-state index in [0.29, 0.717) is 11.8 Å². The Morgan fingerprint density at radius 2 is 1.67 bits per heavy atom. The summed E-state index contributed by atoms with van der Waals surface area (Å²) in [6.07, 6.45) is 2.33. The van der Waals surface area contributed by atoms with Gasteiger partial charge in [0.05, 0.1) is 11.7 Å². The van der Waals surface area contributed by atoms with Crippen molar-refractivity contribution in [2.75, 3.05) is 11.4 Å². The quantitative estimate of drug-likeness (QED) is 0.863. The van der Waals surface area contributed by atoms with E-state index in [1.807, 2.05) is 24.3 Å². The average Bonchev–Trinajstić information content (AvgIpc) is 2.89. The van der Waals surface area contributed by atoms with Crippen molar-refractivity contribution in [1.29, 1.82) is 0 Å². The SMILES string of the molecule is Oc1ccccc1N1CCC[C@H]1c1ccccc1. The monoisotopic (exact) mass is 239 g/mol. The van der Waals surface area contributed by atoms with Crippen LogP contribution in [0.3, 0.4) is 0 Å². The summed E-state index contributed by atoms with van der Waals surface area (Å²) < 4.78 is 0. The van der Waals surface area contributed by atoms with Gasteiger partial charge in [0.15, 0.2) is 0 Å². The summed E-state index contributed by atoms with van der Waals surface area (Å²) in [7, 11) is 0. The van der Waals surface area contributed by atoms with Crippen molar-refractivity contribution in [2.24, 2.45) is 0 Å². The summed E-state index contributed by atoms with van der Waals surface area (Å²) in [5, 5.41) is 9.99. The molecule has 1 heterocycles. The van der Waals surface area contributed by atoms with Crippen molar-refractivity contribution in [1.82, 2.24) is 0 Å². The van der Waals surface area contributed by atoms with Crippen molar-refractivity contribution >= 4 is 5.69 Å². The second-order valence-electron chi connectivity index (χ2n) is 4.75. The number of aromatic hydroxyl groups is 1.